The smallest absolute Gasteiger partial charge is 0.164 e. The summed E-state index contributed by atoms with van der Waals surface area (Å²) in [7, 11) is 4.73. The van der Waals surface area contributed by atoms with E-state index in [2.05, 4.69) is 10.5 Å². The molecule has 0 aliphatic heterocycles. The number of rotatable bonds is 6. The third-order valence-electron chi connectivity index (χ3n) is 2.29. The second-order valence-corrected chi connectivity index (χ2v) is 4.54. The fourth-order valence-corrected chi connectivity index (χ4v) is 1.42. The van der Waals surface area contributed by atoms with Crippen LogP contribution >= 0.6 is 0 Å². The maximum Gasteiger partial charge on any atom is 0.164 e. The first-order chi connectivity index (χ1) is 8.91. The molecule has 0 saturated carbocycles. The number of benzene rings is 1. The lowest BCUT2D eigenvalue weighted by Crippen LogP contribution is -2.44. The highest BCUT2D eigenvalue weighted by atomic mass is 16.5. The molecule has 1 aromatic carbocycles. The third kappa shape index (κ3) is 4.33. The van der Waals surface area contributed by atoms with E-state index in [9.17, 15) is 0 Å². The molecule has 0 saturated heterocycles. The second-order valence-electron chi connectivity index (χ2n) is 4.54. The number of ether oxygens (including phenoxy) is 3. The summed E-state index contributed by atoms with van der Waals surface area (Å²) in [4.78, 5) is 0. The summed E-state index contributed by atoms with van der Waals surface area (Å²) < 4.78 is 15.7. The average Bonchev–Trinajstić information content (AvgIpc) is 2.36. The van der Waals surface area contributed by atoms with Crippen molar-refractivity contribution in [2.45, 2.75) is 19.5 Å². The van der Waals surface area contributed by atoms with E-state index in [0.717, 1.165) is 5.56 Å². The molecular formula is C13H21N3O3. The Hall–Kier alpha value is -1.95. The van der Waals surface area contributed by atoms with Gasteiger partial charge in [-0.3, -0.25) is 5.43 Å². The maximum absolute atomic E-state index is 5.77. The van der Waals surface area contributed by atoms with E-state index in [1.54, 1.807) is 39.7 Å². The monoisotopic (exact) mass is 267 g/mol. The number of hydrogen-bond acceptors (Lipinski definition) is 6. The Kier molecular flexibility index (Phi) is 5.00. The van der Waals surface area contributed by atoms with Gasteiger partial charge in [0.25, 0.3) is 0 Å². The molecule has 19 heavy (non-hydrogen) atoms. The van der Waals surface area contributed by atoms with Crippen LogP contribution in [0.25, 0.3) is 0 Å². The maximum atomic E-state index is 5.77. The topological polar surface area (TPSA) is 78.1 Å². The summed E-state index contributed by atoms with van der Waals surface area (Å²) in [6, 6.07) is 3.53. The molecule has 0 fully saturated rings. The average molecular weight is 267 g/mol. The van der Waals surface area contributed by atoms with Crippen molar-refractivity contribution in [1.82, 2.24) is 5.43 Å². The van der Waals surface area contributed by atoms with Gasteiger partial charge in [0.2, 0.25) is 0 Å². The summed E-state index contributed by atoms with van der Waals surface area (Å²) in [6.45, 7) is 3.63. The molecule has 0 amide bonds. The minimum atomic E-state index is -0.583. The zero-order chi connectivity index (χ0) is 14.5. The lowest BCUT2D eigenvalue weighted by molar-refractivity contribution is 0.349. The molecule has 0 bridgehead atoms. The summed E-state index contributed by atoms with van der Waals surface area (Å²) in [5.41, 5.74) is 8.76. The summed E-state index contributed by atoms with van der Waals surface area (Å²) in [5.74, 6) is 1.85. The zero-order valence-corrected chi connectivity index (χ0v) is 12.0. The van der Waals surface area contributed by atoms with Crippen molar-refractivity contribution in [2.24, 2.45) is 10.8 Å². The Labute approximate surface area is 113 Å². The normalized spacial score (nSPS) is 11.5. The molecule has 0 heterocycles. The number of nitrogens with two attached hydrogens (primary N) is 1. The van der Waals surface area contributed by atoms with Crippen LogP contribution in [-0.2, 0) is 0 Å². The fourth-order valence-electron chi connectivity index (χ4n) is 1.42. The van der Waals surface area contributed by atoms with Crippen molar-refractivity contribution in [2.75, 3.05) is 21.3 Å². The van der Waals surface area contributed by atoms with Gasteiger partial charge in [-0.25, -0.2) is 0 Å². The largest absolute Gasteiger partial charge is 0.496 e. The van der Waals surface area contributed by atoms with Crippen LogP contribution in [0, 0.1) is 0 Å². The first-order valence-electron chi connectivity index (χ1n) is 5.80. The van der Waals surface area contributed by atoms with Gasteiger partial charge in [-0.15, -0.1) is 0 Å². The van der Waals surface area contributed by atoms with Crippen LogP contribution in [0.1, 0.15) is 19.4 Å². The first-order valence-corrected chi connectivity index (χ1v) is 5.80. The lowest BCUT2D eigenvalue weighted by atomic mass is 10.2. The first kappa shape index (κ1) is 15.1. The predicted molar refractivity (Wildman–Crippen MR) is 75.1 cm³/mol. The quantitative estimate of drug-likeness (QED) is 0.462. The van der Waals surface area contributed by atoms with Gasteiger partial charge < -0.3 is 19.9 Å². The van der Waals surface area contributed by atoms with Crippen LogP contribution in [0.4, 0.5) is 0 Å². The zero-order valence-electron chi connectivity index (χ0n) is 12.0. The molecule has 6 heteroatoms. The van der Waals surface area contributed by atoms with Gasteiger partial charge in [0.1, 0.15) is 5.75 Å². The Morgan fingerprint density at radius 1 is 1.05 bits per heavy atom. The van der Waals surface area contributed by atoms with Crippen LogP contribution in [0.3, 0.4) is 0 Å². The molecule has 1 rings (SSSR count). The molecule has 0 aromatic heterocycles. The van der Waals surface area contributed by atoms with E-state index in [1.807, 2.05) is 13.8 Å². The van der Waals surface area contributed by atoms with Crippen LogP contribution < -0.4 is 25.4 Å². The van der Waals surface area contributed by atoms with Gasteiger partial charge in [-0.05, 0) is 19.9 Å². The molecular weight excluding hydrogens is 246 g/mol. The highest BCUT2D eigenvalue weighted by Crippen LogP contribution is 2.33. The molecule has 0 spiro atoms. The summed E-state index contributed by atoms with van der Waals surface area (Å²) >= 11 is 0. The van der Waals surface area contributed by atoms with Gasteiger partial charge >= 0.3 is 0 Å². The number of hydrogen-bond donors (Lipinski definition) is 2. The lowest BCUT2D eigenvalue weighted by Gasteiger charge is -2.17. The van der Waals surface area contributed by atoms with Gasteiger partial charge in [-0.2, -0.15) is 5.10 Å². The molecule has 1 aromatic rings. The van der Waals surface area contributed by atoms with Crippen LogP contribution in [0.5, 0.6) is 17.2 Å². The van der Waals surface area contributed by atoms with E-state index in [4.69, 9.17) is 19.9 Å². The Bertz CT molecular complexity index is 453. The molecule has 106 valence electrons. The minimum Gasteiger partial charge on any atom is -0.496 e. The number of nitrogens with one attached hydrogen (secondary N) is 1. The highest BCUT2D eigenvalue weighted by Gasteiger charge is 2.11. The van der Waals surface area contributed by atoms with Crippen molar-refractivity contribution < 1.29 is 14.2 Å². The van der Waals surface area contributed by atoms with Crippen molar-refractivity contribution in [3.8, 4) is 17.2 Å². The van der Waals surface area contributed by atoms with Gasteiger partial charge in [-0.1, -0.05) is 0 Å². The second kappa shape index (κ2) is 6.29. The Balaban J connectivity index is 3.05. The SMILES string of the molecule is COc1cc(OC)c(OC)cc1/C=N/NC(C)(C)N. The molecule has 0 aliphatic carbocycles. The number of nitrogens with zero attached hydrogens (tertiary/aromatic N) is 1. The Morgan fingerprint density at radius 3 is 2.05 bits per heavy atom. The molecule has 3 N–H and O–H groups in total. The van der Waals surface area contributed by atoms with Crippen molar-refractivity contribution in [1.29, 1.82) is 0 Å². The van der Waals surface area contributed by atoms with Crippen LogP contribution in [-0.4, -0.2) is 33.2 Å². The van der Waals surface area contributed by atoms with Crippen molar-refractivity contribution in [3.63, 3.8) is 0 Å². The van der Waals surface area contributed by atoms with Gasteiger partial charge in [0.05, 0.1) is 33.2 Å². The fraction of sp³-hybridized carbons (Fsp3) is 0.462. The number of hydrazone groups is 1. The van der Waals surface area contributed by atoms with E-state index in [0.29, 0.717) is 17.2 Å². The predicted octanol–water partition coefficient (Wildman–Crippen LogP) is 1.33. The van der Waals surface area contributed by atoms with E-state index in [-0.39, 0.29) is 0 Å². The number of methoxy groups -OCH3 is 3. The van der Waals surface area contributed by atoms with E-state index < -0.39 is 5.66 Å². The third-order valence-corrected chi connectivity index (χ3v) is 2.29. The standard InChI is InChI=1S/C13H21N3O3/c1-13(2,14)16-15-8-9-6-11(18-4)12(19-5)7-10(9)17-3/h6-8,16H,14H2,1-5H3/b15-8+. The van der Waals surface area contributed by atoms with Crippen molar-refractivity contribution >= 4 is 6.21 Å². The van der Waals surface area contributed by atoms with Crippen molar-refractivity contribution in [3.05, 3.63) is 17.7 Å². The highest BCUT2D eigenvalue weighted by molar-refractivity contribution is 5.85. The summed E-state index contributed by atoms with van der Waals surface area (Å²) in [5, 5.41) is 4.08. The minimum absolute atomic E-state index is 0.583. The van der Waals surface area contributed by atoms with E-state index in [1.165, 1.54) is 0 Å². The van der Waals surface area contributed by atoms with Gasteiger partial charge in [0.15, 0.2) is 11.5 Å². The molecule has 6 nitrogen and oxygen atoms in total. The van der Waals surface area contributed by atoms with Crippen LogP contribution in [0.2, 0.25) is 0 Å². The molecule has 0 aliphatic rings. The summed E-state index contributed by atoms with van der Waals surface area (Å²) in [6.07, 6.45) is 1.62. The van der Waals surface area contributed by atoms with E-state index >= 15 is 0 Å². The van der Waals surface area contributed by atoms with Crippen LogP contribution in [0.15, 0.2) is 17.2 Å². The Morgan fingerprint density at radius 2 is 1.58 bits per heavy atom. The molecule has 0 atom stereocenters. The van der Waals surface area contributed by atoms with Gasteiger partial charge in [0, 0.05) is 11.6 Å². The molecule has 0 radical (unpaired) electrons. The molecule has 0 unspecified atom stereocenters.